The second kappa shape index (κ2) is 9.78. The van der Waals surface area contributed by atoms with E-state index >= 15 is 0 Å². The van der Waals surface area contributed by atoms with E-state index in [1.165, 1.54) is 29.2 Å². The normalized spacial score (nSPS) is 24.6. The SMILES string of the molecule is CC(C)(C)[C@H]1C(=O)C(C2=Nc3ccc(NS(=O)(=O)C4CC4)cc3S(=O)(=O)C2Cl)C(=O)N1Cc1ccc(F)c(Cl)c1. The molecule has 0 bridgehead atoms. The monoisotopic (exact) mass is 629 g/mol. The first-order valence-electron chi connectivity index (χ1n) is 12.4. The molecule has 40 heavy (non-hydrogen) atoms. The van der Waals surface area contributed by atoms with Gasteiger partial charge >= 0.3 is 0 Å². The zero-order valence-corrected chi connectivity index (χ0v) is 24.8. The number of ketones is 1. The second-order valence-electron chi connectivity index (χ2n) is 11.2. The Morgan fingerprint density at radius 2 is 1.80 bits per heavy atom. The van der Waals surface area contributed by atoms with E-state index in [4.69, 9.17) is 23.2 Å². The number of sulfone groups is 1. The molecule has 2 heterocycles. The Bertz CT molecular complexity index is 1680. The summed E-state index contributed by atoms with van der Waals surface area (Å²) in [7, 11) is -8.01. The molecule has 3 aliphatic rings. The van der Waals surface area contributed by atoms with Crippen molar-refractivity contribution >= 4 is 71.8 Å². The fourth-order valence-electron chi connectivity index (χ4n) is 5.08. The number of halogens is 3. The highest BCUT2D eigenvalue weighted by Gasteiger charge is 2.56. The Hall–Kier alpha value is -2.54. The Labute approximate surface area is 241 Å². The zero-order chi connectivity index (χ0) is 29.4. The molecule has 214 valence electrons. The largest absolute Gasteiger partial charge is 0.327 e. The van der Waals surface area contributed by atoms with E-state index in [1.54, 1.807) is 20.8 Å². The number of benzene rings is 2. The molecule has 1 amide bonds. The first-order chi connectivity index (χ1) is 18.5. The average molecular weight is 631 g/mol. The number of fused-ring (bicyclic) bond motifs is 1. The summed E-state index contributed by atoms with van der Waals surface area (Å²) in [4.78, 5) is 32.9. The summed E-state index contributed by atoms with van der Waals surface area (Å²) in [5, 5.41) is -0.659. The summed E-state index contributed by atoms with van der Waals surface area (Å²) < 4.78 is 65.9. The first kappa shape index (κ1) is 29.0. The summed E-state index contributed by atoms with van der Waals surface area (Å²) in [6, 6.07) is 6.83. The van der Waals surface area contributed by atoms with E-state index in [-0.39, 0.29) is 33.5 Å². The van der Waals surface area contributed by atoms with Crippen LogP contribution in [0.4, 0.5) is 15.8 Å². The minimum atomic E-state index is -4.36. The molecule has 0 spiro atoms. The van der Waals surface area contributed by atoms with Gasteiger partial charge in [-0.05, 0) is 54.2 Å². The lowest BCUT2D eigenvalue weighted by atomic mass is 9.82. The van der Waals surface area contributed by atoms with Crippen LogP contribution in [0.2, 0.25) is 5.02 Å². The number of aliphatic imine (C=N–C) groups is 1. The van der Waals surface area contributed by atoms with E-state index in [0.29, 0.717) is 18.4 Å². The minimum Gasteiger partial charge on any atom is -0.327 e. The minimum absolute atomic E-state index is 0.0432. The van der Waals surface area contributed by atoms with Gasteiger partial charge in [-0.1, -0.05) is 50.0 Å². The molecule has 0 aromatic heterocycles. The number of carbonyl (C=O) groups excluding carboxylic acids is 2. The van der Waals surface area contributed by atoms with Crippen LogP contribution < -0.4 is 4.72 Å². The maximum Gasteiger partial charge on any atom is 0.240 e. The molecule has 1 aliphatic carbocycles. The number of Topliss-reactive ketones (excluding diaryl/α,β-unsaturated/α-hetero) is 1. The number of anilines is 1. The number of rotatable bonds is 6. The van der Waals surface area contributed by atoms with E-state index in [2.05, 4.69) is 9.71 Å². The van der Waals surface area contributed by atoms with Crippen LogP contribution in [0, 0.1) is 17.2 Å². The molecule has 1 saturated carbocycles. The van der Waals surface area contributed by atoms with E-state index in [9.17, 15) is 30.8 Å². The van der Waals surface area contributed by atoms with Gasteiger partial charge in [0.2, 0.25) is 25.8 Å². The van der Waals surface area contributed by atoms with Crippen molar-refractivity contribution in [3.05, 3.63) is 52.8 Å². The van der Waals surface area contributed by atoms with Crippen LogP contribution in [-0.4, -0.2) is 55.1 Å². The van der Waals surface area contributed by atoms with E-state index < -0.39 is 64.7 Å². The van der Waals surface area contributed by atoms with Crippen molar-refractivity contribution in [2.75, 3.05) is 4.72 Å². The third-order valence-corrected chi connectivity index (χ3v) is 11.9. The van der Waals surface area contributed by atoms with E-state index in [1.807, 2.05) is 0 Å². The number of likely N-dealkylation sites (tertiary alicyclic amines) is 1. The lowest BCUT2D eigenvalue weighted by molar-refractivity contribution is -0.132. The van der Waals surface area contributed by atoms with Gasteiger partial charge in [0.15, 0.2) is 10.5 Å². The first-order valence-corrected chi connectivity index (χ1v) is 16.3. The number of hydrogen-bond acceptors (Lipinski definition) is 7. The molecule has 2 fully saturated rings. The molecule has 2 aromatic carbocycles. The predicted octanol–water partition coefficient (Wildman–Crippen LogP) is 4.45. The molecule has 5 rings (SSSR count). The fourth-order valence-corrected chi connectivity index (χ4v) is 8.55. The summed E-state index contributed by atoms with van der Waals surface area (Å²) >= 11 is 12.3. The Morgan fingerprint density at radius 3 is 2.40 bits per heavy atom. The van der Waals surface area contributed by atoms with Crippen LogP contribution in [0.3, 0.4) is 0 Å². The molecular weight excluding hydrogens is 604 g/mol. The van der Waals surface area contributed by atoms with Crippen molar-refractivity contribution in [1.82, 2.24) is 4.90 Å². The second-order valence-corrected chi connectivity index (χ2v) is 16.3. The molecule has 3 atom stereocenters. The maximum absolute atomic E-state index is 13.8. The zero-order valence-electron chi connectivity index (χ0n) is 21.7. The van der Waals surface area contributed by atoms with Crippen LogP contribution >= 0.6 is 23.2 Å². The Morgan fingerprint density at radius 1 is 1.12 bits per heavy atom. The van der Waals surface area contributed by atoms with Crippen molar-refractivity contribution in [1.29, 1.82) is 0 Å². The molecule has 2 unspecified atom stereocenters. The number of amides is 1. The quantitative estimate of drug-likeness (QED) is 0.371. The van der Waals surface area contributed by atoms with Gasteiger partial charge in [0.05, 0.1) is 32.6 Å². The lowest BCUT2D eigenvalue weighted by Crippen LogP contribution is -2.44. The van der Waals surface area contributed by atoms with Crippen LogP contribution in [0.25, 0.3) is 0 Å². The molecule has 2 aliphatic heterocycles. The van der Waals surface area contributed by atoms with Gasteiger partial charge in [-0.2, -0.15) is 0 Å². The van der Waals surface area contributed by atoms with Gasteiger partial charge in [-0.15, -0.1) is 0 Å². The van der Waals surface area contributed by atoms with Crippen LogP contribution in [-0.2, 0) is 36.0 Å². The van der Waals surface area contributed by atoms with Gasteiger partial charge in [0, 0.05) is 12.2 Å². The van der Waals surface area contributed by atoms with Gasteiger partial charge in [-0.3, -0.25) is 19.3 Å². The topological polar surface area (TPSA) is 130 Å². The van der Waals surface area contributed by atoms with Gasteiger partial charge < -0.3 is 4.90 Å². The Balaban J connectivity index is 1.54. The maximum atomic E-state index is 13.8. The lowest BCUT2D eigenvalue weighted by Gasteiger charge is -2.33. The highest BCUT2D eigenvalue weighted by molar-refractivity contribution is 7.94. The summed E-state index contributed by atoms with van der Waals surface area (Å²) in [5.74, 6) is -3.42. The van der Waals surface area contributed by atoms with Crippen molar-refractivity contribution < 1.29 is 30.8 Å². The third-order valence-electron chi connectivity index (χ3n) is 7.09. The van der Waals surface area contributed by atoms with Crippen molar-refractivity contribution in [2.24, 2.45) is 16.3 Å². The number of hydrogen-bond donors (Lipinski definition) is 1. The van der Waals surface area contributed by atoms with Gasteiger partial charge in [0.25, 0.3) is 0 Å². The number of nitrogens with zero attached hydrogens (tertiary/aromatic N) is 2. The number of carbonyl (C=O) groups is 2. The number of nitrogens with one attached hydrogen (secondary N) is 1. The van der Waals surface area contributed by atoms with Crippen LogP contribution in [0.1, 0.15) is 39.2 Å². The summed E-state index contributed by atoms with van der Waals surface area (Å²) in [6.45, 7) is 5.24. The molecule has 9 nitrogen and oxygen atoms in total. The number of sulfonamides is 1. The molecule has 14 heteroatoms. The van der Waals surface area contributed by atoms with E-state index in [0.717, 1.165) is 12.1 Å². The number of alkyl halides is 1. The van der Waals surface area contributed by atoms with Crippen LogP contribution in [0.15, 0.2) is 46.3 Å². The molecule has 0 radical (unpaired) electrons. The van der Waals surface area contributed by atoms with Crippen molar-refractivity contribution in [3.8, 4) is 0 Å². The summed E-state index contributed by atoms with van der Waals surface area (Å²) in [5.41, 5.74) is -0.592. The molecule has 1 saturated heterocycles. The average Bonchev–Trinajstić information content (AvgIpc) is 3.67. The van der Waals surface area contributed by atoms with Crippen molar-refractivity contribution in [2.45, 2.75) is 61.1 Å². The van der Waals surface area contributed by atoms with Gasteiger partial charge in [-0.25, -0.2) is 21.2 Å². The van der Waals surface area contributed by atoms with Crippen LogP contribution in [0.5, 0.6) is 0 Å². The van der Waals surface area contributed by atoms with Gasteiger partial charge in [0.1, 0.15) is 11.7 Å². The van der Waals surface area contributed by atoms with Crippen molar-refractivity contribution in [3.63, 3.8) is 0 Å². The Kier molecular flexibility index (Phi) is 7.08. The predicted molar refractivity (Wildman–Crippen MR) is 150 cm³/mol. The summed E-state index contributed by atoms with van der Waals surface area (Å²) in [6.07, 6.45) is 1.06. The molecular formula is C26H26Cl2FN3O6S2. The molecule has 2 aromatic rings. The molecule has 1 N–H and O–H groups in total. The highest BCUT2D eigenvalue weighted by atomic mass is 35.5. The highest BCUT2D eigenvalue weighted by Crippen LogP contribution is 2.43. The smallest absolute Gasteiger partial charge is 0.240 e. The third kappa shape index (κ3) is 5.03. The fraction of sp³-hybridized carbons (Fsp3) is 0.423. The standard InChI is InChI=1S/C26H26Cl2FN3O6S2/c1-26(2,3)23-22(33)20(25(34)32(23)12-13-4-8-17(29)16(27)10-13)21-24(28)39(35,36)19-11-14(5-9-18(19)30-21)31-40(37,38)15-6-7-15/h4-5,8-11,15,20,23-24,31H,6-7,12H2,1-3H3/t20?,23-,24?/m1/s1.